The maximum atomic E-state index is 12.0. The van der Waals surface area contributed by atoms with Crippen LogP contribution in [-0.2, 0) is 16.3 Å². The lowest BCUT2D eigenvalue weighted by atomic mass is 10.1. The van der Waals surface area contributed by atoms with Crippen molar-refractivity contribution in [3.63, 3.8) is 0 Å². The first-order valence-corrected chi connectivity index (χ1v) is 7.42. The number of nitrogen functional groups attached to an aromatic ring is 1. The highest BCUT2D eigenvalue weighted by Gasteiger charge is 2.25. The molecule has 0 radical (unpaired) electrons. The van der Waals surface area contributed by atoms with Crippen LogP contribution in [0.5, 0.6) is 0 Å². The van der Waals surface area contributed by atoms with Crippen molar-refractivity contribution in [2.24, 2.45) is 0 Å². The van der Waals surface area contributed by atoms with Crippen LogP contribution >= 0.6 is 0 Å². The van der Waals surface area contributed by atoms with Crippen molar-refractivity contribution in [2.45, 2.75) is 24.3 Å². The van der Waals surface area contributed by atoms with E-state index in [1.165, 1.54) is 6.92 Å². The summed E-state index contributed by atoms with van der Waals surface area (Å²) in [6.45, 7) is 0.836. The van der Waals surface area contributed by atoms with E-state index in [4.69, 9.17) is 10.8 Å². The Labute approximate surface area is 115 Å². The van der Waals surface area contributed by atoms with E-state index in [1.807, 2.05) is 0 Å². The fourth-order valence-electron chi connectivity index (χ4n) is 1.78. The summed E-state index contributed by atoms with van der Waals surface area (Å²) in [5.74, 6) is -0.569. The second-order valence-corrected chi connectivity index (χ2v) is 6.44. The highest BCUT2D eigenvalue weighted by atomic mass is 32.2. The van der Waals surface area contributed by atoms with Gasteiger partial charge in [0.15, 0.2) is 9.84 Å². The summed E-state index contributed by atoms with van der Waals surface area (Å²) < 4.78 is 24.1. The van der Waals surface area contributed by atoms with E-state index in [1.54, 1.807) is 0 Å². The highest BCUT2D eigenvalue weighted by Crippen LogP contribution is 2.30. The average Bonchev–Trinajstić information content (AvgIpc) is 2.30. The fraction of sp³-hybridized carbons (Fsp3) is 0.455. The normalized spacial score (nSPS) is 13.2. The lowest BCUT2D eigenvalue weighted by molar-refractivity contribution is -0.385. The molecule has 0 aliphatic rings. The van der Waals surface area contributed by atoms with Crippen LogP contribution in [0, 0.1) is 10.1 Å². The molecule has 4 N–H and O–H groups in total. The van der Waals surface area contributed by atoms with Gasteiger partial charge >= 0.3 is 0 Å². The fourth-order valence-corrected chi connectivity index (χ4v) is 3.12. The maximum Gasteiger partial charge on any atom is 0.272 e. The molecular formula is C11H16N2O6S. The third-order valence-corrected chi connectivity index (χ3v) is 4.39. The Balaban J connectivity index is 3.54. The second kappa shape index (κ2) is 6.16. The molecule has 9 heteroatoms. The molecule has 0 heterocycles. The minimum absolute atomic E-state index is 0.0518. The number of aliphatic hydroxyl groups is 2. The Morgan fingerprint density at radius 3 is 2.50 bits per heavy atom. The summed E-state index contributed by atoms with van der Waals surface area (Å²) in [5, 5.41) is 29.0. The first-order valence-electron chi connectivity index (χ1n) is 5.77. The van der Waals surface area contributed by atoms with Crippen molar-refractivity contribution in [3.05, 3.63) is 27.8 Å². The van der Waals surface area contributed by atoms with Crippen LogP contribution in [-0.4, -0.2) is 42.0 Å². The van der Waals surface area contributed by atoms with Gasteiger partial charge < -0.3 is 15.9 Å². The number of nitro benzene ring substituents is 1. The van der Waals surface area contributed by atoms with Crippen LogP contribution in [0.1, 0.15) is 12.5 Å². The number of nitrogens with zero attached hydrogens (tertiary/aromatic N) is 1. The lowest BCUT2D eigenvalue weighted by Gasteiger charge is -2.14. The lowest BCUT2D eigenvalue weighted by Crippen LogP contribution is -2.17. The Hall–Kier alpha value is -1.71. The number of nitro groups is 1. The molecule has 0 saturated carbocycles. The van der Waals surface area contributed by atoms with Gasteiger partial charge in [-0.3, -0.25) is 10.1 Å². The monoisotopic (exact) mass is 304 g/mol. The Bertz CT molecular complexity index is 612. The largest absolute Gasteiger partial charge is 0.398 e. The first kappa shape index (κ1) is 16.3. The van der Waals surface area contributed by atoms with Gasteiger partial charge in [0.25, 0.3) is 5.69 Å². The van der Waals surface area contributed by atoms with Crippen molar-refractivity contribution in [2.75, 3.05) is 18.1 Å². The Morgan fingerprint density at radius 1 is 1.45 bits per heavy atom. The number of anilines is 1. The molecule has 1 aromatic carbocycles. The number of rotatable bonds is 6. The van der Waals surface area contributed by atoms with Crippen LogP contribution < -0.4 is 5.73 Å². The van der Waals surface area contributed by atoms with E-state index >= 15 is 0 Å². The molecule has 1 rings (SSSR count). The van der Waals surface area contributed by atoms with E-state index in [0.717, 1.165) is 12.1 Å². The standard InChI is InChI=1S/C11H16N2O6S/c1-7(15)4-9-10(12)5-8(13(16)17)6-11(9)20(18,19)3-2-14/h5-7,14-15H,2-4,12H2,1H3. The maximum absolute atomic E-state index is 12.0. The van der Waals surface area contributed by atoms with Crippen molar-refractivity contribution in [1.82, 2.24) is 0 Å². The minimum Gasteiger partial charge on any atom is -0.398 e. The van der Waals surface area contributed by atoms with Crippen LogP contribution in [0.15, 0.2) is 17.0 Å². The number of benzene rings is 1. The quantitative estimate of drug-likeness (QED) is 0.377. The molecule has 0 saturated heterocycles. The van der Waals surface area contributed by atoms with E-state index in [9.17, 15) is 23.6 Å². The molecule has 0 aliphatic carbocycles. The van der Waals surface area contributed by atoms with Crippen LogP contribution in [0.4, 0.5) is 11.4 Å². The Morgan fingerprint density at radius 2 is 2.05 bits per heavy atom. The van der Waals surface area contributed by atoms with Crippen molar-refractivity contribution in [1.29, 1.82) is 0 Å². The molecule has 0 amide bonds. The third kappa shape index (κ3) is 3.65. The van der Waals surface area contributed by atoms with E-state index in [-0.39, 0.29) is 22.6 Å². The van der Waals surface area contributed by atoms with Gasteiger partial charge in [-0.1, -0.05) is 0 Å². The highest BCUT2D eigenvalue weighted by molar-refractivity contribution is 7.91. The molecule has 1 atom stereocenters. The summed E-state index contributed by atoms with van der Waals surface area (Å²) in [6, 6.07) is 1.95. The predicted octanol–water partition coefficient (Wildman–Crippen LogP) is -0.134. The number of sulfone groups is 1. The first-order chi connectivity index (χ1) is 9.19. The molecule has 8 nitrogen and oxygen atoms in total. The summed E-state index contributed by atoms with van der Waals surface area (Å²) >= 11 is 0. The van der Waals surface area contributed by atoms with Crippen LogP contribution in [0.3, 0.4) is 0 Å². The molecule has 0 spiro atoms. The number of nitrogens with two attached hydrogens (primary N) is 1. The van der Waals surface area contributed by atoms with Gasteiger partial charge in [-0.2, -0.15) is 0 Å². The molecule has 0 aromatic heterocycles. The minimum atomic E-state index is -3.91. The summed E-state index contributed by atoms with van der Waals surface area (Å²) in [5.41, 5.74) is 5.26. The average molecular weight is 304 g/mol. The number of aliphatic hydroxyl groups excluding tert-OH is 2. The Kier molecular flexibility index (Phi) is 5.03. The molecule has 0 fully saturated rings. The van der Waals surface area contributed by atoms with Gasteiger partial charge in [-0.15, -0.1) is 0 Å². The molecule has 0 bridgehead atoms. The smallest absolute Gasteiger partial charge is 0.272 e. The topological polar surface area (TPSA) is 144 Å². The van der Waals surface area contributed by atoms with E-state index in [0.29, 0.717) is 0 Å². The predicted molar refractivity (Wildman–Crippen MR) is 72.0 cm³/mol. The molecule has 1 aromatic rings. The number of non-ortho nitro benzene ring substituents is 1. The molecule has 1 unspecified atom stereocenters. The van der Waals surface area contributed by atoms with Gasteiger partial charge in [-0.05, 0) is 12.5 Å². The van der Waals surface area contributed by atoms with E-state index < -0.39 is 38.9 Å². The van der Waals surface area contributed by atoms with E-state index in [2.05, 4.69) is 0 Å². The van der Waals surface area contributed by atoms with Gasteiger partial charge in [0, 0.05) is 24.2 Å². The number of hydrogen-bond acceptors (Lipinski definition) is 7. The summed E-state index contributed by atoms with van der Waals surface area (Å²) in [7, 11) is -3.91. The zero-order valence-electron chi connectivity index (χ0n) is 10.8. The third-order valence-electron chi connectivity index (χ3n) is 2.63. The van der Waals surface area contributed by atoms with Gasteiger partial charge in [0.1, 0.15) is 0 Å². The van der Waals surface area contributed by atoms with Crippen molar-refractivity contribution in [3.8, 4) is 0 Å². The van der Waals surface area contributed by atoms with Crippen LogP contribution in [0.2, 0.25) is 0 Å². The van der Waals surface area contributed by atoms with Crippen molar-refractivity contribution >= 4 is 21.2 Å². The summed E-state index contributed by atoms with van der Waals surface area (Å²) in [6.07, 6.45) is -0.911. The SMILES string of the molecule is CC(O)Cc1c(N)cc([N+](=O)[O-])cc1S(=O)(=O)CCO. The van der Waals surface area contributed by atoms with Crippen LogP contribution in [0.25, 0.3) is 0 Å². The number of hydrogen-bond donors (Lipinski definition) is 3. The second-order valence-electron chi connectivity index (χ2n) is 4.36. The van der Waals surface area contributed by atoms with Crippen molar-refractivity contribution < 1.29 is 23.6 Å². The molecular weight excluding hydrogens is 288 g/mol. The van der Waals surface area contributed by atoms with Gasteiger partial charge in [0.2, 0.25) is 0 Å². The zero-order valence-corrected chi connectivity index (χ0v) is 11.6. The molecule has 112 valence electrons. The molecule has 0 aliphatic heterocycles. The van der Waals surface area contributed by atoms with Gasteiger partial charge in [0.05, 0.1) is 28.3 Å². The summed E-state index contributed by atoms with van der Waals surface area (Å²) in [4.78, 5) is 9.71. The zero-order chi connectivity index (χ0) is 15.5. The van der Waals surface area contributed by atoms with Gasteiger partial charge in [-0.25, -0.2) is 8.42 Å². The molecule has 20 heavy (non-hydrogen) atoms.